The molecule has 2 aliphatic heterocycles. The Morgan fingerprint density at radius 1 is 1.13 bits per heavy atom. The molecule has 3 fully saturated rings. The number of carbonyl (C=O) groups is 2. The molecule has 2 saturated heterocycles. The molecule has 8 heteroatoms. The van der Waals surface area contributed by atoms with Crippen molar-refractivity contribution >= 4 is 23.5 Å². The Morgan fingerprint density at radius 3 is 2.47 bits per heavy atom. The number of cyclic esters (lactones) is 1. The van der Waals surface area contributed by atoms with E-state index < -0.39 is 6.09 Å². The lowest BCUT2D eigenvalue weighted by molar-refractivity contribution is -0.119. The molecule has 3 N–H and O–H groups in total. The highest BCUT2D eigenvalue weighted by Gasteiger charge is 2.53. The van der Waals surface area contributed by atoms with Crippen molar-refractivity contribution in [3.63, 3.8) is 0 Å². The largest absolute Gasteiger partial charge is 0.442 e. The van der Waals surface area contributed by atoms with E-state index in [4.69, 9.17) is 10.5 Å². The lowest BCUT2D eigenvalue weighted by Gasteiger charge is -2.20. The van der Waals surface area contributed by atoms with E-state index in [-0.39, 0.29) is 12.0 Å². The highest BCUT2D eigenvalue weighted by molar-refractivity contribution is 5.90. The van der Waals surface area contributed by atoms with Gasteiger partial charge < -0.3 is 20.7 Å². The second kappa shape index (κ2) is 7.28. The van der Waals surface area contributed by atoms with Gasteiger partial charge in [-0.15, -0.1) is 0 Å². The van der Waals surface area contributed by atoms with E-state index in [0.29, 0.717) is 31.0 Å². The molecule has 30 heavy (non-hydrogen) atoms. The van der Waals surface area contributed by atoms with Gasteiger partial charge in [-0.1, -0.05) is 12.1 Å². The molecule has 1 aromatic carbocycles. The summed E-state index contributed by atoms with van der Waals surface area (Å²) in [6, 6.07) is 12.3. The maximum absolute atomic E-state index is 12.2. The molecule has 0 spiro atoms. The number of amides is 2. The van der Waals surface area contributed by atoms with Crippen LogP contribution in [0.2, 0.25) is 0 Å². The number of benzene rings is 1. The van der Waals surface area contributed by atoms with Crippen LogP contribution in [0.1, 0.15) is 6.92 Å². The summed E-state index contributed by atoms with van der Waals surface area (Å²) in [6.45, 7) is 4.18. The van der Waals surface area contributed by atoms with Gasteiger partial charge in [-0.05, 0) is 41.7 Å². The Morgan fingerprint density at radius 2 is 1.83 bits per heavy atom. The Kier molecular flexibility index (Phi) is 4.58. The van der Waals surface area contributed by atoms with Gasteiger partial charge in [-0.2, -0.15) is 0 Å². The molecule has 0 radical (unpaired) electrons. The minimum atomic E-state index is -0.396. The second-order valence-corrected chi connectivity index (χ2v) is 8.32. The quantitative estimate of drug-likeness (QED) is 0.781. The van der Waals surface area contributed by atoms with Crippen molar-refractivity contribution in [1.82, 2.24) is 10.3 Å². The zero-order valence-corrected chi connectivity index (χ0v) is 16.8. The second-order valence-electron chi connectivity index (χ2n) is 8.32. The predicted molar refractivity (Wildman–Crippen MR) is 113 cm³/mol. The van der Waals surface area contributed by atoms with Gasteiger partial charge in [0.1, 0.15) is 11.9 Å². The fourth-order valence-corrected chi connectivity index (χ4v) is 4.43. The summed E-state index contributed by atoms with van der Waals surface area (Å²) in [5, 5.41) is 2.68. The van der Waals surface area contributed by atoms with Crippen LogP contribution in [0, 0.1) is 11.8 Å². The van der Waals surface area contributed by atoms with E-state index >= 15 is 0 Å². The molecule has 2 aromatic rings. The lowest BCUT2D eigenvalue weighted by Crippen LogP contribution is -2.33. The van der Waals surface area contributed by atoms with Gasteiger partial charge in [-0.25, -0.2) is 9.78 Å². The molecular weight excluding hydrogens is 382 g/mol. The number of hydrogen-bond acceptors (Lipinski definition) is 6. The minimum Gasteiger partial charge on any atom is -0.442 e. The Bertz CT molecular complexity index is 950. The maximum Gasteiger partial charge on any atom is 0.414 e. The monoisotopic (exact) mass is 407 g/mol. The molecule has 0 bridgehead atoms. The molecule has 2 amide bonds. The number of pyridine rings is 1. The molecule has 1 saturated carbocycles. The number of rotatable bonds is 5. The first-order valence-electron chi connectivity index (χ1n) is 10.3. The third-order valence-corrected chi connectivity index (χ3v) is 6.30. The summed E-state index contributed by atoms with van der Waals surface area (Å²) >= 11 is 0. The van der Waals surface area contributed by atoms with Crippen molar-refractivity contribution < 1.29 is 14.3 Å². The summed E-state index contributed by atoms with van der Waals surface area (Å²) in [5.41, 5.74) is 8.85. The van der Waals surface area contributed by atoms with Crippen molar-refractivity contribution in [2.24, 2.45) is 17.6 Å². The van der Waals surface area contributed by atoms with E-state index in [2.05, 4.69) is 27.3 Å². The van der Waals surface area contributed by atoms with Crippen LogP contribution in [0.25, 0.3) is 11.1 Å². The number of nitrogens with one attached hydrogen (secondary N) is 1. The van der Waals surface area contributed by atoms with Gasteiger partial charge in [0.05, 0.1) is 13.1 Å². The molecule has 3 aliphatic rings. The average molecular weight is 407 g/mol. The first-order chi connectivity index (χ1) is 14.5. The van der Waals surface area contributed by atoms with Crippen LogP contribution < -0.4 is 20.9 Å². The van der Waals surface area contributed by atoms with Crippen LogP contribution in [0.5, 0.6) is 0 Å². The van der Waals surface area contributed by atoms with E-state index in [1.54, 1.807) is 4.90 Å². The van der Waals surface area contributed by atoms with Crippen molar-refractivity contribution in [3.8, 4) is 11.1 Å². The predicted octanol–water partition coefficient (Wildman–Crippen LogP) is 1.60. The Hall–Kier alpha value is -3.13. The summed E-state index contributed by atoms with van der Waals surface area (Å²) in [7, 11) is 0. The number of nitrogens with zero attached hydrogens (tertiary/aromatic N) is 3. The SMILES string of the molecule is CC(=O)NC[C@H]1CN(c2ccc(-c3ccc(N4C[C@@H]5C(N)[C@@H]5C4)nc3)cc2)C(=O)O1. The molecule has 8 nitrogen and oxygen atoms in total. The zero-order chi connectivity index (χ0) is 20.8. The number of carbonyl (C=O) groups excluding carboxylic acids is 2. The van der Waals surface area contributed by atoms with E-state index in [9.17, 15) is 9.59 Å². The number of aromatic nitrogens is 1. The number of ether oxygens (including phenoxy) is 1. The average Bonchev–Trinajstić information content (AvgIpc) is 3.11. The number of anilines is 2. The molecule has 156 valence electrons. The smallest absolute Gasteiger partial charge is 0.414 e. The van der Waals surface area contributed by atoms with Crippen LogP contribution >= 0.6 is 0 Å². The first kappa shape index (κ1) is 18.9. The molecule has 4 atom stereocenters. The Balaban J connectivity index is 1.23. The third kappa shape index (κ3) is 3.47. The lowest BCUT2D eigenvalue weighted by atomic mass is 10.1. The van der Waals surface area contributed by atoms with Crippen molar-refractivity contribution in [1.29, 1.82) is 0 Å². The molecule has 3 heterocycles. The van der Waals surface area contributed by atoms with Gasteiger partial charge in [0.2, 0.25) is 5.91 Å². The number of hydrogen-bond donors (Lipinski definition) is 2. The fourth-order valence-electron chi connectivity index (χ4n) is 4.43. The van der Waals surface area contributed by atoms with Gasteiger partial charge in [0.15, 0.2) is 0 Å². The minimum absolute atomic E-state index is 0.140. The van der Waals surface area contributed by atoms with Crippen molar-refractivity contribution in [2.45, 2.75) is 19.1 Å². The molecule has 1 unspecified atom stereocenters. The van der Waals surface area contributed by atoms with Crippen molar-refractivity contribution in [2.75, 3.05) is 36.0 Å². The number of fused-ring (bicyclic) bond motifs is 1. The van der Waals surface area contributed by atoms with Crippen LogP contribution in [0.4, 0.5) is 16.3 Å². The van der Waals surface area contributed by atoms with E-state index in [0.717, 1.165) is 35.7 Å². The molecular formula is C22H25N5O3. The van der Waals surface area contributed by atoms with Crippen molar-refractivity contribution in [3.05, 3.63) is 42.6 Å². The molecule has 1 aromatic heterocycles. The van der Waals surface area contributed by atoms with Crippen LogP contribution in [-0.4, -0.2) is 55.3 Å². The molecule has 5 rings (SSSR count). The fraction of sp³-hybridized carbons (Fsp3) is 0.409. The van der Waals surface area contributed by atoms with E-state index in [1.165, 1.54) is 6.92 Å². The normalized spacial score (nSPS) is 27.1. The van der Waals surface area contributed by atoms with Crippen LogP contribution in [0.15, 0.2) is 42.6 Å². The van der Waals surface area contributed by atoms with Gasteiger partial charge in [0.25, 0.3) is 0 Å². The highest BCUT2D eigenvalue weighted by Crippen LogP contribution is 2.44. The first-order valence-corrected chi connectivity index (χ1v) is 10.3. The topological polar surface area (TPSA) is 101 Å². The third-order valence-electron chi connectivity index (χ3n) is 6.30. The number of nitrogens with two attached hydrogens (primary N) is 1. The van der Waals surface area contributed by atoms with E-state index in [1.807, 2.05) is 30.5 Å². The Labute approximate surface area is 175 Å². The number of piperidine rings is 1. The zero-order valence-electron chi connectivity index (χ0n) is 16.8. The van der Waals surface area contributed by atoms with Crippen LogP contribution in [-0.2, 0) is 9.53 Å². The van der Waals surface area contributed by atoms with Crippen LogP contribution in [0.3, 0.4) is 0 Å². The summed E-state index contributed by atoms with van der Waals surface area (Å²) in [4.78, 5) is 31.7. The van der Waals surface area contributed by atoms with Gasteiger partial charge in [-0.3, -0.25) is 9.69 Å². The standard InChI is InChI=1S/C22H25N5O3/c1-13(28)24-9-17-10-27(22(29)30-17)16-5-2-14(3-6-16)15-4-7-20(25-8-15)26-11-18-19(12-26)21(18)23/h2-8,17-19,21H,9-12,23H2,1H3,(H,24,28)/t17-,18-,19+,21?/m0/s1. The maximum atomic E-state index is 12.2. The van der Waals surface area contributed by atoms with Gasteiger partial charge >= 0.3 is 6.09 Å². The summed E-state index contributed by atoms with van der Waals surface area (Å²) in [6.07, 6.45) is 1.15. The molecule has 1 aliphatic carbocycles. The highest BCUT2D eigenvalue weighted by atomic mass is 16.6. The van der Waals surface area contributed by atoms with Gasteiger partial charge in [0, 0.05) is 43.5 Å². The summed E-state index contributed by atoms with van der Waals surface area (Å²) < 4.78 is 5.32. The summed E-state index contributed by atoms with van der Waals surface area (Å²) in [5.74, 6) is 2.13.